The third-order valence-corrected chi connectivity index (χ3v) is 6.38. The number of nitrogens with zero attached hydrogens (tertiary/aromatic N) is 2. The van der Waals surface area contributed by atoms with Gasteiger partial charge in [0.15, 0.2) is 0 Å². The van der Waals surface area contributed by atoms with Gasteiger partial charge in [0, 0.05) is 35.4 Å². The Labute approximate surface area is 206 Å². The zero-order valence-corrected chi connectivity index (χ0v) is 20.7. The van der Waals surface area contributed by atoms with E-state index in [9.17, 15) is 9.59 Å². The number of pyridine rings is 2. The van der Waals surface area contributed by atoms with Crippen molar-refractivity contribution in [3.63, 3.8) is 0 Å². The summed E-state index contributed by atoms with van der Waals surface area (Å²) in [6.07, 6.45) is 7.10. The fraction of sp³-hybridized carbons (Fsp3) is 0.429. The molecule has 7 heteroatoms. The number of aromatic nitrogens is 2. The van der Waals surface area contributed by atoms with Crippen LogP contribution in [0.5, 0.6) is 0 Å². The first-order chi connectivity index (χ1) is 16.8. The van der Waals surface area contributed by atoms with Crippen molar-refractivity contribution < 1.29 is 14.3 Å². The summed E-state index contributed by atoms with van der Waals surface area (Å²) < 4.78 is 5.41. The molecule has 0 aliphatic heterocycles. The Morgan fingerprint density at radius 1 is 1.00 bits per heavy atom. The van der Waals surface area contributed by atoms with Crippen molar-refractivity contribution in [2.24, 2.45) is 11.8 Å². The molecule has 0 spiro atoms. The molecule has 1 aliphatic carbocycles. The van der Waals surface area contributed by atoms with Crippen LogP contribution in [0.15, 0.2) is 54.9 Å². The molecule has 7 nitrogen and oxygen atoms in total. The molecule has 2 amide bonds. The predicted molar refractivity (Wildman–Crippen MR) is 137 cm³/mol. The van der Waals surface area contributed by atoms with Crippen molar-refractivity contribution in [1.82, 2.24) is 20.6 Å². The summed E-state index contributed by atoms with van der Waals surface area (Å²) in [4.78, 5) is 33.9. The van der Waals surface area contributed by atoms with Gasteiger partial charge in [-0.25, -0.2) is 9.78 Å². The highest BCUT2D eigenvalue weighted by Gasteiger charge is 2.24. The average Bonchev–Trinajstić information content (AvgIpc) is 2.85. The van der Waals surface area contributed by atoms with Crippen LogP contribution < -0.4 is 10.6 Å². The molecule has 0 bridgehead atoms. The number of para-hydroxylation sites is 1. The molecule has 0 radical (unpaired) electrons. The molecule has 35 heavy (non-hydrogen) atoms. The molecular formula is C28H34N4O3. The van der Waals surface area contributed by atoms with Crippen molar-refractivity contribution in [3.05, 3.63) is 60.4 Å². The molecule has 2 aromatic heterocycles. The number of alkyl carbamates (subject to hydrolysis) is 1. The van der Waals surface area contributed by atoms with Crippen LogP contribution in [0.1, 0.15) is 56.8 Å². The van der Waals surface area contributed by atoms with E-state index >= 15 is 0 Å². The van der Waals surface area contributed by atoms with E-state index in [1.54, 1.807) is 12.4 Å². The smallest absolute Gasteiger partial charge is 0.407 e. The van der Waals surface area contributed by atoms with Gasteiger partial charge in [-0.15, -0.1) is 0 Å². The summed E-state index contributed by atoms with van der Waals surface area (Å²) in [6.45, 7) is 6.88. The van der Waals surface area contributed by atoms with E-state index in [0.29, 0.717) is 30.6 Å². The Kier molecular flexibility index (Phi) is 7.63. The number of ether oxygens (including phenoxy) is 1. The quantitative estimate of drug-likeness (QED) is 0.502. The number of hydrogen-bond acceptors (Lipinski definition) is 5. The highest BCUT2D eigenvalue weighted by molar-refractivity contribution is 6.07. The summed E-state index contributed by atoms with van der Waals surface area (Å²) in [5, 5.41) is 6.83. The van der Waals surface area contributed by atoms with Crippen LogP contribution in [0.3, 0.4) is 0 Å². The van der Waals surface area contributed by atoms with Gasteiger partial charge in [-0.1, -0.05) is 18.2 Å². The van der Waals surface area contributed by atoms with Crippen LogP contribution in [0, 0.1) is 11.8 Å². The molecular weight excluding hydrogens is 440 g/mol. The van der Waals surface area contributed by atoms with E-state index in [1.807, 2.05) is 63.2 Å². The molecule has 0 saturated heterocycles. The van der Waals surface area contributed by atoms with Crippen LogP contribution >= 0.6 is 0 Å². The van der Waals surface area contributed by atoms with Gasteiger partial charge >= 0.3 is 6.09 Å². The molecule has 1 saturated carbocycles. The lowest BCUT2D eigenvalue weighted by Gasteiger charge is -2.29. The molecule has 0 atom stereocenters. The molecule has 2 N–H and O–H groups in total. The Morgan fingerprint density at radius 3 is 2.40 bits per heavy atom. The minimum Gasteiger partial charge on any atom is -0.449 e. The van der Waals surface area contributed by atoms with Gasteiger partial charge in [0.05, 0.1) is 23.4 Å². The van der Waals surface area contributed by atoms with Crippen molar-refractivity contribution in [3.8, 4) is 11.3 Å². The summed E-state index contributed by atoms with van der Waals surface area (Å²) in [6, 6.07) is 13.4. The number of nitrogens with one attached hydrogen (secondary N) is 2. The number of rotatable bonds is 6. The van der Waals surface area contributed by atoms with Crippen molar-refractivity contribution in [2.75, 3.05) is 13.2 Å². The zero-order chi connectivity index (χ0) is 24.8. The van der Waals surface area contributed by atoms with Crippen LogP contribution in [-0.2, 0) is 4.74 Å². The van der Waals surface area contributed by atoms with Gasteiger partial charge in [-0.3, -0.25) is 9.78 Å². The Hall–Kier alpha value is -3.48. The van der Waals surface area contributed by atoms with Gasteiger partial charge in [0.1, 0.15) is 0 Å². The number of carbonyl (C=O) groups excluding carboxylic acids is 2. The monoisotopic (exact) mass is 474 g/mol. The molecule has 3 aromatic rings. The van der Waals surface area contributed by atoms with Gasteiger partial charge in [0.25, 0.3) is 5.91 Å². The molecule has 1 fully saturated rings. The number of benzene rings is 1. The second kappa shape index (κ2) is 10.8. The van der Waals surface area contributed by atoms with E-state index in [0.717, 1.165) is 47.8 Å². The molecule has 184 valence electrons. The standard InChI is InChI=1S/C28H34N4O3/c1-28(2,3)32-27(34)35-18-20-10-8-19(9-11-20)17-30-26(33)23-16-25(21-12-14-29-15-13-21)31-24-7-5-4-6-22(23)24/h4-7,12-16,19-20H,8-11,17-18H2,1-3H3,(H,30,33)(H,32,34). The molecule has 0 unspecified atom stereocenters. The van der Waals surface area contributed by atoms with Crippen molar-refractivity contribution >= 4 is 22.9 Å². The first kappa shape index (κ1) is 24.6. The van der Waals surface area contributed by atoms with Crippen LogP contribution in [0.25, 0.3) is 22.2 Å². The third kappa shape index (κ3) is 6.78. The number of amides is 2. The highest BCUT2D eigenvalue weighted by atomic mass is 16.5. The summed E-state index contributed by atoms with van der Waals surface area (Å²) in [7, 11) is 0. The molecule has 1 aromatic carbocycles. The zero-order valence-electron chi connectivity index (χ0n) is 20.7. The van der Waals surface area contributed by atoms with Gasteiger partial charge < -0.3 is 15.4 Å². The fourth-order valence-corrected chi connectivity index (χ4v) is 4.50. The van der Waals surface area contributed by atoms with Crippen LogP contribution in [0.4, 0.5) is 4.79 Å². The lowest BCUT2D eigenvalue weighted by molar-refractivity contribution is 0.0916. The van der Waals surface area contributed by atoms with E-state index < -0.39 is 0 Å². The average molecular weight is 475 g/mol. The molecule has 2 heterocycles. The van der Waals surface area contributed by atoms with Gasteiger partial charge in [-0.2, -0.15) is 0 Å². The topological polar surface area (TPSA) is 93.2 Å². The second-order valence-electron chi connectivity index (χ2n) is 10.4. The van der Waals surface area contributed by atoms with E-state index in [4.69, 9.17) is 9.72 Å². The van der Waals surface area contributed by atoms with Gasteiger partial charge in [-0.05, 0) is 82.6 Å². The maximum atomic E-state index is 13.2. The number of hydrogen-bond donors (Lipinski definition) is 2. The minimum atomic E-state index is -0.359. The normalized spacial score (nSPS) is 18.1. The van der Waals surface area contributed by atoms with E-state index in [2.05, 4.69) is 15.6 Å². The van der Waals surface area contributed by atoms with Gasteiger partial charge in [0.2, 0.25) is 0 Å². The van der Waals surface area contributed by atoms with E-state index in [1.165, 1.54) is 0 Å². The van der Waals surface area contributed by atoms with Crippen molar-refractivity contribution in [2.45, 2.75) is 52.0 Å². The Balaban J connectivity index is 1.33. The Bertz CT molecular complexity index is 1170. The second-order valence-corrected chi connectivity index (χ2v) is 10.4. The molecule has 4 rings (SSSR count). The third-order valence-electron chi connectivity index (χ3n) is 6.38. The lowest BCUT2D eigenvalue weighted by atomic mass is 9.82. The highest BCUT2D eigenvalue weighted by Crippen LogP contribution is 2.29. The first-order valence-electron chi connectivity index (χ1n) is 12.3. The predicted octanol–water partition coefficient (Wildman–Crippen LogP) is 5.36. The summed E-state index contributed by atoms with van der Waals surface area (Å²) in [5.41, 5.74) is 2.81. The summed E-state index contributed by atoms with van der Waals surface area (Å²) in [5.74, 6) is 0.717. The maximum absolute atomic E-state index is 13.2. The Morgan fingerprint density at radius 2 is 1.69 bits per heavy atom. The van der Waals surface area contributed by atoms with E-state index in [-0.39, 0.29) is 17.5 Å². The summed E-state index contributed by atoms with van der Waals surface area (Å²) >= 11 is 0. The maximum Gasteiger partial charge on any atom is 0.407 e. The fourth-order valence-electron chi connectivity index (χ4n) is 4.50. The van der Waals surface area contributed by atoms with Crippen LogP contribution in [0.2, 0.25) is 0 Å². The number of fused-ring (bicyclic) bond motifs is 1. The first-order valence-corrected chi connectivity index (χ1v) is 12.3. The largest absolute Gasteiger partial charge is 0.449 e. The minimum absolute atomic E-state index is 0.0804. The van der Waals surface area contributed by atoms with Crippen molar-refractivity contribution in [1.29, 1.82) is 0 Å². The number of carbonyl (C=O) groups is 2. The van der Waals surface area contributed by atoms with Crippen LogP contribution in [-0.4, -0.2) is 40.7 Å². The lowest BCUT2D eigenvalue weighted by Crippen LogP contribution is -2.41. The SMILES string of the molecule is CC(C)(C)NC(=O)OCC1CCC(CNC(=O)c2cc(-c3ccncc3)nc3ccccc23)CC1. The molecule has 1 aliphatic rings.